The molecule has 28 heavy (non-hydrogen) atoms. The summed E-state index contributed by atoms with van der Waals surface area (Å²) in [5.74, 6) is -1.65. The third-order valence-corrected chi connectivity index (χ3v) is 8.21. The lowest BCUT2D eigenvalue weighted by atomic mass is 10.2. The average Bonchev–Trinajstić information content (AvgIpc) is 3.10. The molecule has 0 saturated carbocycles. The van der Waals surface area contributed by atoms with E-state index in [1.54, 1.807) is 0 Å². The highest BCUT2D eigenvalue weighted by atomic mass is 32.2. The summed E-state index contributed by atoms with van der Waals surface area (Å²) in [7, 11) is -4.17. The number of carboxylic acid groups (broad SMARTS) is 1. The van der Waals surface area contributed by atoms with Crippen molar-refractivity contribution in [3.8, 4) is 0 Å². The minimum atomic E-state index is -4.17. The molecule has 1 aromatic rings. The molecular formula is C16H16N2O6S4. The number of hydrogen-bond donors (Lipinski definition) is 2. The van der Waals surface area contributed by atoms with Crippen LogP contribution in [-0.2, 0) is 19.7 Å². The van der Waals surface area contributed by atoms with E-state index in [0.29, 0.717) is 9.93 Å². The third-order valence-electron chi connectivity index (χ3n) is 4.21. The van der Waals surface area contributed by atoms with E-state index in [2.05, 4.69) is 0 Å². The molecule has 0 unspecified atom stereocenters. The molecule has 0 bridgehead atoms. The number of fused-ring (bicyclic) bond motifs is 1. The van der Waals surface area contributed by atoms with Gasteiger partial charge in [-0.15, -0.1) is 0 Å². The number of rotatable bonds is 6. The fraction of sp³-hybridized carbons (Fsp3) is 0.312. The standard InChI is InChI=1S/C16H16N2O6S4/c1-9(28(22,23)24)6-7-17-10-4-2-3-5-11(10)26-15(17)13-14(21)18(8-12(19)20)16(25)27-13/h2-5,9H,6-8H2,1H3,(H,19,20)(H,22,23,24)/b15-13-/t9-/m0/s1. The van der Waals surface area contributed by atoms with Crippen LogP contribution in [0.5, 0.6) is 0 Å². The molecule has 2 N–H and O–H groups in total. The third kappa shape index (κ3) is 4.20. The molecule has 1 amide bonds. The smallest absolute Gasteiger partial charge is 0.323 e. The van der Waals surface area contributed by atoms with E-state index in [-0.39, 0.29) is 17.3 Å². The molecule has 150 valence electrons. The second kappa shape index (κ2) is 8.03. The van der Waals surface area contributed by atoms with Gasteiger partial charge in [-0.25, -0.2) is 0 Å². The van der Waals surface area contributed by atoms with Crippen LogP contribution in [0.3, 0.4) is 0 Å². The van der Waals surface area contributed by atoms with E-state index in [1.807, 2.05) is 29.2 Å². The number of nitrogens with zero attached hydrogens (tertiary/aromatic N) is 2. The van der Waals surface area contributed by atoms with Gasteiger partial charge in [0.1, 0.15) is 20.8 Å². The average molecular weight is 461 g/mol. The van der Waals surface area contributed by atoms with Crippen molar-refractivity contribution < 1.29 is 27.7 Å². The second-order valence-corrected chi connectivity index (χ2v) is 10.6. The fourth-order valence-corrected chi connectivity index (χ4v) is 5.68. The van der Waals surface area contributed by atoms with Crippen molar-refractivity contribution in [2.24, 2.45) is 0 Å². The van der Waals surface area contributed by atoms with E-state index in [4.69, 9.17) is 17.3 Å². The number of carbonyl (C=O) groups is 2. The summed E-state index contributed by atoms with van der Waals surface area (Å²) in [6, 6.07) is 7.41. The van der Waals surface area contributed by atoms with Gasteiger partial charge in [-0.1, -0.05) is 47.9 Å². The van der Waals surface area contributed by atoms with Crippen molar-refractivity contribution >= 4 is 67.7 Å². The molecule has 1 aromatic carbocycles. The number of carbonyl (C=O) groups excluding carboxylic acids is 1. The zero-order valence-electron chi connectivity index (χ0n) is 14.6. The summed E-state index contributed by atoms with van der Waals surface area (Å²) in [6.07, 6.45) is 0.145. The molecule has 0 aromatic heterocycles. The Morgan fingerprint density at radius 3 is 2.57 bits per heavy atom. The summed E-state index contributed by atoms with van der Waals surface area (Å²) in [5.41, 5.74) is 0.813. The highest BCUT2D eigenvalue weighted by molar-refractivity contribution is 8.27. The van der Waals surface area contributed by atoms with E-state index >= 15 is 0 Å². The zero-order chi connectivity index (χ0) is 20.6. The van der Waals surface area contributed by atoms with Gasteiger partial charge in [0, 0.05) is 11.4 Å². The summed E-state index contributed by atoms with van der Waals surface area (Å²) in [5, 5.41) is 8.61. The van der Waals surface area contributed by atoms with E-state index < -0.39 is 33.8 Å². The van der Waals surface area contributed by atoms with Crippen LogP contribution in [0.25, 0.3) is 0 Å². The van der Waals surface area contributed by atoms with Crippen molar-refractivity contribution in [3.63, 3.8) is 0 Å². The first-order valence-electron chi connectivity index (χ1n) is 8.10. The van der Waals surface area contributed by atoms with Gasteiger partial charge in [-0.2, -0.15) is 8.42 Å². The van der Waals surface area contributed by atoms with Gasteiger partial charge < -0.3 is 10.0 Å². The summed E-state index contributed by atoms with van der Waals surface area (Å²) < 4.78 is 32.1. The van der Waals surface area contributed by atoms with Crippen LogP contribution in [0, 0.1) is 0 Å². The van der Waals surface area contributed by atoms with Crippen LogP contribution in [0.1, 0.15) is 13.3 Å². The van der Waals surface area contributed by atoms with Gasteiger partial charge in [0.25, 0.3) is 16.0 Å². The van der Waals surface area contributed by atoms with Crippen LogP contribution >= 0.6 is 35.7 Å². The van der Waals surface area contributed by atoms with Gasteiger partial charge in [-0.3, -0.25) is 19.0 Å². The summed E-state index contributed by atoms with van der Waals surface area (Å²) >= 11 is 7.53. The van der Waals surface area contributed by atoms with Crippen molar-refractivity contribution in [2.75, 3.05) is 18.0 Å². The largest absolute Gasteiger partial charge is 0.480 e. The molecule has 12 heteroatoms. The monoisotopic (exact) mass is 460 g/mol. The Bertz CT molecular complexity index is 991. The molecule has 1 fully saturated rings. The molecule has 0 radical (unpaired) electrons. The van der Waals surface area contributed by atoms with Gasteiger partial charge in [-0.05, 0) is 25.5 Å². The minimum Gasteiger partial charge on any atom is -0.480 e. The number of carboxylic acids is 1. The summed E-state index contributed by atoms with van der Waals surface area (Å²) in [4.78, 5) is 27.8. The minimum absolute atomic E-state index is 0.145. The Balaban J connectivity index is 1.95. The molecule has 2 aliphatic heterocycles. The topological polar surface area (TPSA) is 115 Å². The molecule has 8 nitrogen and oxygen atoms in total. The van der Waals surface area contributed by atoms with E-state index in [9.17, 15) is 22.6 Å². The lowest BCUT2D eigenvalue weighted by molar-refractivity contribution is -0.140. The van der Waals surface area contributed by atoms with Gasteiger partial charge in [0.15, 0.2) is 0 Å². The lowest BCUT2D eigenvalue weighted by Gasteiger charge is -2.22. The zero-order valence-corrected chi connectivity index (χ0v) is 17.8. The van der Waals surface area contributed by atoms with Crippen LogP contribution in [0.4, 0.5) is 5.69 Å². The Labute approximate surface area is 175 Å². The van der Waals surface area contributed by atoms with Gasteiger partial charge in [0.05, 0.1) is 10.9 Å². The predicted octanol–water partition coefficient (Wildman–Crippen LogP) is 2.38. The number of aliphatic carboxylic acids is 1. The number of anilines is 1. The number of thioether (sulfide) groups is 2. The van der Waals surface area contributed by atoms with Crippen molar-refractivity contribution in [1.82, 2.24) is 4.90 Å². The Hall–Kier alpha value is -1.60. The predicted molar refractivity (Wildman–Crippen MR) is 112 cm³/mol. The van der Waals surface area contributed by atoms with Crippen LogP contribution in [-0.4, -0.2) is 57.5 Å². The number of para-hydroxylation sites is 1. The van der Waals surface area contributed by atoms with E-state index in [1.165, 1.54) is 18.7 Å². The van der Waals surface area contributed by atoms with Crippen molar-refractivity contribution in [2.45, 2.75) is 23.5 Å². The molecule has 3 rings (SSSR count). The molecule has 0 aliphatic carbocycles. The molecule has 2 heterocycles. The lowest BCUT2D eigenvalue weighted by Crippen LogP contribution is -2.34. The maximum atomic E-state index is 12.8. The molecule has 2 aliphatic rings. The Kier molecular flexibility index (Phi) is 6.05. The first-order chi connectivity index (χ1) is 13.1. The normalized spacial score (nSPS) is 20.6. The first kappa shape index (κ1) is 21.1. The molecule has 1 saturated heterocycles. The quantitative estimate of drug-likeness (QED) is 0.372. The SMILES string of the molecule is C[C@@H](CCN1/C(=C2/SC(=S)N(CC(=O)O)C2=O)Sc2ccccc21)S(=O)(=O)O. The molecular weight excluding hydrogens is 444 g/mol. The first-order valence-corrected chi connectivity index (χ1v) is 11.6. The van der Waals surface area contributed by atoms with E-state index in [0.717, 1.165) is 27.2 Å². The summed E-state index contributed by atoms with van der Waals surface area (Å²) in [6.45, 7) is 1.15. The van der Waals surface area contributed by atoms with Crippen LogP contribution in [0.15, 0.2) is 39.1 Å². The second-order valence-electron chi connectivity index (χ2n) is 6.12. The molecule has 1 atom stereocenters. The number of hydrogen-bond acceptors (Lipinski definition) is 8. The van der Waals surface area contributed by atoms with Crippen LogP contribution in [0.2, 0.25) is 0 Å². The Morgan fingerprint density at radius 1 is 1.25 bits per heavy atom. The van der Waals surface area contributed by atoms with Gasteiger partial charge >= 0.3 is 5.97 Å². The number of amides is 1. The van der Waals surface area contributed by atoms with Crippen molar-refractivity contribution in [3.05, 3.63) is 34.2 Å². The number of benzene rings is 1. The Morgan fingerprint density at radius 2 is 1.93 bits per heavy atom. The van der Waals surface area contributed by atoms with Crippen LogP contribution < -0.4 is 4.90 Å². The maximum absolute atomic E-state index is 12.8. The fourth-order valence-electron chi connectivity index (χ4n) is 2.68. The molecule has 0 spiro atoms. The number of thiocarbonyl (C=S) groups is 1. The highest BCUT2D eigenvalue weighted by Gasteiger charge is 2.40. The maximum Gasteiger partial charge on any atom is 0.323 e. The highest BCUT2D eigenvalue weighted by Crippen LogP contribution is 2.50. The van der Waals surface area contributed by atoms with Gasteiger partial charge in [0.2, 0.25) is 0 Å². The van der Waals surface area contributed by atoms with Crippen molar-refractivity contribution in [1.29, 1.82) is 0 Å².